The quantitative estimate of drug-likeness (QED) is 0.744. The summed E-state index contributed by atoms with van der Waals surface area (Å²) in [5.41, 5.74) is 1.04. The Morgan fingerprint density at radius 1 is 1.29 bits per heavy atom. The van der Waals surface area contributed by atoms with Gasteiger partial charge in [0.2, 0.25) is 5.88 Å². The Labute approximate surface area is 120 Å². The van der Waals surface area contributed by atoms with Crippen LogP contribution in [0, 0.1) is 0 Å². The van der Waals surface area contributed by atoms with E-state index in [4.69, 9.17) is 4.74 Å². The second-order valence-corrected chi connectivity index (χ2v) is 4.39. The number of H-pyrrole nitrogens is 1. The number of fused-ring (bicyclic) bond motifs is 1. The zero-order valence-corrected chi connectivity index (χ0v) is 11.4. The maximum Gasteiger partial charge on any atom is 0.313 e. The molecule has 0 amide bonds. The number of methoxy groups -OCH3 is 1. The number of aromatic nitrogens is 3. The van der Waals surface area contributed by atoms with Gasteiger partial charge >= 0.3 is 5.97 Å². The van der Waals surface area contributed by atoms with Crippen molar-refractivity contribution in [2.75, 3.05) is 7.11 Å². The molecule has 6 nitrogen and oxygen atoms in total. The molecule has 0 aliphatic heterocycles. The third kappa shape index (κ3) is 3.00. The Balaban J connectivity index is 1.80. The van der Waals surface area contributed by atoms with Crippen molar-refractivity contribution in [3.05, 3.63) is 48.5 Å². The minimum Gasteiger partial charge on any atom is -0.469 e. The molecule has 0 fully saturated rings. The van der Waals surface area contributed by atoms with Crippen molar-refractivity contribution < 1.29 is 14.3 Å². The van der Waals surface area contributed by atoms with Crippen LogP contribution in [0.2, 0.25) is 0 Å². The monoisotopic (exact) mass is 283 g/mol. The van der Waals surface area contributed by atoms with E-state index in [-0.39, 0.29) is 12.4 Å². The molecule has 0 atom stereocenters. The van der Waals surface area contributed by atoms with Crippen molar-refractivity contribution in [2.45, 2.75) is 6.42 Å². The van der Waals surface area contributed by atoms with Crippen LogP contribution < -0.4 is 4.74 Å². The first-order valence-corrected chi connectivity index (χ1v) is 6.38. The summed E-state index contributed by atoms with van der Waals surface area (Å²) in [5, 5.41) is 1.05. The second-order valence-electron chi connectivity index (χ2n) is 4.39. The van der Waals surface area contributed by atoms with E-state index in [0.717, 1.165) is 10.9 Å². The fourth-order valence-corrected chi connectivity index (χ4v) is 1.94. The molecule has 2 aromatic heterocycles. The molecule has 2 heterocycles. The average Bonchev–Trinajstić information content (AvgIpc) is 2.95. The molecule has 0 saturated heterocycles. The normalized spacial score (nSPS) is 10.5. The van der Waals surface area contributed by atoms with Gasteiger partial charge in [-0.05, 0) is 24.3 Å². The van der Waals surface area contributed by atoms with Crippen LogP contribution in [0.5, 0.6) is 11.6 Å². The number of nitrogens with one attached hydrogen (secondary N) is 1. The molecule has 106 valence electrons. The molecule has 0 aliphatic carbocycles. The summed E-state index contributed by atoms with van der Waals surface area (Å²) in [6.45, 7) is 0. The van der Waals surface area contributed by atoms with Crippen LogP contribution in [0.3, 0.4) is 0 Å². The van der Waals surface area contributed by atoms with Gasteiger partial charge in [0.05, 0.1) is 7.11 Å². The number of esters is 1. The van der Waals surface area contributed by atoms with Gasteiger partial charge in [0.25, 0.3) is 0 Å². The van der Waals surface area contributed by atoms with Crippen LogP contribution in [0.25, 0.3) is 10.9 Å². The smallest absolute Gasteiger partial charge is 0.313 e. The number of benzene rings is 1. The molecule has 1 N–H and O–H groups in total. The Hall–Kier alpha value is -2.89. The molecule has 0 saturated carbocycles. The maximum absolute atomic E-state index is 11.2. The predicted octanol–water partition coefficient (Wildman–Crippen LogP) is 2.47. The van der Waals surface area contributed by atoms with Crippen molar-refractivity contribution in [3.8, 4) is 11.6 Å². The number of rotatable bonds is 4. The van der Waals surface area contributed by atoms with Gasteiger partial charge < -0.3 is 14.5 Å². The lowest BCUT2D eigenvalue weighted by Gasteiger charge is -2.06. The number of aromatic amines is 1. The highest BCUT2D eigenvalue weighted by Crippen LogP contribution is 2.23. The summed E-state index contributed by atoms with van der Waals surface area (Å²) >= 11 is 0. The van der Waals surface area contributed by atoms with Crippen LogP contribution in [0.15, 0.2) is 42.7 Å². The molecule has 3 aromatic rings. The minimum atomic E-state index is -0.388. The molecule has 21 heavy (non-hydrogen) atoms. The third-order valence-electron chi connectivity index (χ3n) is 2.96. The Morgan fingerprint density at radius 3 is 3.05 bits per heavy atom. The first-order chi connectivity index (χ1) is 10.2. The van der Waals surface area contributed by atoms with E-state index < -0.39 is 0 Å². The summed E-state index contributed by atoms with van der Waals surface area (Å²) in [7, 11) is 1.33. The summed E-state index contributed by atoms with van der Waals surface area (Å²) in [6, 6.07) is 9.29. The first-order valence-electron chi connectivity index (χ1n) is 6.38. The van der Waals surface area contributed by atoms with Gasteiger partial charge in [-0.3, -0.25) is 4.79 Å². The number of ether oxygens (including phenoxy) is 2. The van der Waals surface area contributed by atoms with Gasteiger partial charge in [0.15, 0.2) is 0 Å². The van der Waals surface area contributed by atoms with Gasteiger partial charge in [0.1, 0.15) is 18.0 Å². The first kappa shape index (κ1) is 13.1. The molecule has 0 aliphatic rings. The van der Waals surface area contributed by atoms with Crippen molar-refractivity contribution in [3.63, 3.8) is 0 Å². The van der Waals surface area contributed by atoms with Crippen molar-refractivity contribution in [1.82, 2.24) is 15.0 Å². The second kappa shape index (κ2) is 5.62. The van der Waals surface area contributed by atoms with Gasteiger partial charge in [0, 0.05) is 29.4 Å². The lowest BCUT2D eigenvalue weighted by atomic mass is 10.2. The predicted molar refractivity (Wildman–Crippen MR) is 76.1 cm³/mol. The SMILES string of the molecule is COC(=O)Cc1nccc(Oc2ccc3[nH]ccc3c2)n1. The van der Waals surface area contributed by atoms with Crippen LogP contribution >= 0.6 is 0 Å². The summed E-state index contributed by atoms with van der Waals surface area (Å²) in [5.74, 6) is 1.03. The molecule has 0 unspecified atom stereocenters. The lowest BCUT2D eigenvalue weighted by Crippen LogP contribution is -2.08. The Kier molecular flexibility index (Phi) is 3.51. The molecule has 1 aromatic carbocycles. The highest BCUT2D eigenvalue weighted by molar-refractivity contribution is 5.80. The van der Waals surface area contributed by atoms with E-state index in [9.17, 15) is 4.79 Å². The van der Waals surface area contributed by atoms with E-state index in [1.54, 1.807) is 12.3 Å². The Bertz CT molecular complexity index is 782. The van der Waals surface area contributed by atoms with Crippen LogP contribution in [0.4, 0.5) is 0 Å². The molecule has 0 spiro atoms. The van der Waals surface area contributed by atoms with Gasteiger partial charge in [-0.25, -0.2) is 4.98 Å². The van der Waals surface area contributed by atoms with E-state index in [2.05, 4.69) is 19.7 Å². The van der Waals surface area contributed by atoms with E-state index >= 15 is 0 Å². The van der Waals surface area contributed by atoms with Crippen molar-refractivity contribution in [2.24, 2.45) is 0 Å². The zero-order chi connectivity index (χ0) is 14.7. The summed E-state index contributed by atoms with van der Waals surface area (Å²) in [4.78, 5) is 22.5. The van der Waals surface area contributed by atoms with Gasteiger partial charge in [-0.1, -0.05) is 0 Å². The largest absolute Gasteiger partial charge is 0.469 e. The summed E-state index contributed by atoms with van der Waals surface area (Å²) < 4.78 is 10.3. The molecule has 0 bridgehead atoms. The standard InChI is InChI=1S/C15H13N3O3/c1-20-15(19)9-13-17-7-5-14(18-13)21-11-2-3-12-10(8-11)4-6-16-12/h2-8,16H,9H2,1H3. The number of hydrogen-bond donors (Lipinski definition) is 1. The molecule has 3 rings (SSSR count). The fraction of sp³-hybridized carbons (Fsp3) is 0.133. The highest BCUT2D eigenvalue weighted by Gasteiger charge is 2.08. The molecule has 6 heteroatoms. The van der Waals surface area contributed by atoms with E-state index in [1.807, 2.05) is 30.5 Å². The number of hydrogen-bond acceptors (Lipinski definition) is 5. The summed E-state index contributed by atoms with van der Waals surface area (Å²) in [6.07, 6.45) is 3.44. The third-order valence-corrected chi connectivity index (χ3v) is 2.96. The zero-order valence-electron chi connectivity index (χ0n) is 11.4. The van der Waals surface area contributed by atoms with Crippen LogP contribution in [-0.2, 0) is 16.0 Å². The number of carbonyl (C=O) groups is 1. The van der Waals surface area contributed by atoms with Crippen molar-refractivity contribution in [1.29, 1.82) is 0 Å². The Morgan fingerprint density at radius 2 is 2.19 bits per heavy atom. The molecule has 0 radical (unpaired) electrons. The highest BCUT2D eigenvalue weighted by atomic mass is 16.5. The van der Waals surface area contributed by atoms with Crippen LogP contribution in [-0.4, -0.2) is 28.0 Å². The molecular formula is C15H13N3O3. The van der Waals surface area contributed by atoms with E-state index in [0.29, 0.717) is 17.5 Å². The number of carbonyl (C=O) groups excluding carboxylic acids is 1. The maximum atomic E-state index is 11.2. The fourth-order valence-electron chi connectivity index (χ4n) is 1.94. The van der Waals surface area contributed by atoms with Crippen LogP contribution in [0.1, 0.15) is 5.82 Å². The van der Waals surface area contributed by atoms with E-state index in [1.165, 1.54) is 7.11 Å². The number of nitrogens with zero attached hydrogens (tertiary/aromatic N) is 2. The average molecular weight is 283 g/mol. The van der Waals surface area contributed by atoms with Crippen molar-refractivity contribution >= 4 is 16.9 Å². The van der Waals surface area contributed by atoms with Gasteiger partial charge in [-0.15, -0.1) is 0 Å². The minimum absolute atomic E-state index is 0.0184. The lowest BCUT2D eigenvalue weighted by molar-refractivity contribution is -0.139. The topological polar surface area (TPSA) is 77.1 Å². The van der Waals surface area contributed by atoms with Gasteiger partial charge in [-0.2, -0.15) is 4.98 Å². The molecular weight excluding hydrogens is 270 g/mol.